The van der Waals surface area contributed by atoms with E-state index >= 15 is 35.1 Å². The lowest BCUT2D eigenvalue weighted by Gasteiger charge is -2.43. The molecule has 16 nitrogen and oxygen atoms in total. The minimum atomic E-state index is -1.59. The lowest BCUT2D eigenvalue weighted by atomic mass is 9.87. The first-order chi connectivity index (χ1) is 70.1. The van der Waals surface area contributed by atoms with Crippen LogP contribution >= 0.6 is 11.6 Å². The third-order valence-corrected chi connectivity index (χ3v) is 30.7. The second kappa shape index (κ2) is 44.8. The van der Waals surface area contributed by atoms with Crippen molar-refractivity contribution in [1.29, 1.82) is 0 Å². The van der Waals surface area contributed by atoms with Crippen molar-refractivity contribution >= 4 is 55.2 Å². The summed E-state index contributed by atoms with van der Waals surface area (Å²) in [4.78, 5) is 29.4. The van der Waals surface area contributed by atoms with Crippen molar-refractivity contribution in [3.8, 4) is 23.0 Å². The predicted molar refractivity (Wildman–Crippen MR) is 554 cm³/mol. The molecule has 0 bridgehead atoms. The Bertz CT molecular complexity index is 6300. The maximum atomic E-state index is 15.8. The van der Waals surface area contributed by atoms with Crippen LogP contribution in [0, 0.1) is 75.8 Å². The molecule has 148 heavy (non-hydrogen) atoms. The van der Waals surface area contributed by atoms with E-state index in [4.69, 9.17) is 30.5 Å². The van der Waals surface area contributed by atoms with Crippen LogP contribution in [0.3, 0.4) is 0 Å². The number of fused-ring (bicyclic) bond motifs is 12. The van der Waals surface area contributed by atoms with Crippen LogP contribution < -0.4 is 18.9 Å². The highest BCUT2D eigenvalue weighted by Crippen LogP contribution is 2.51. The fourth-order valence-corrected chi connectivity index (χ4v) is 23.4. The van der Waals surface area contributed by atoms with Gasteiger partial charge in [-0.15, -0.1) is 0 Å². The Hall–Kier alpha value is -9.96. The highest BCUT2D eigenvalue weighted by molar-refractivity contribution is 6.31. The number of ether oxygens (including phenoxy) is 4. The summed E-state index contributed by atoms with van der Waals surface area (Å²) >= 11 is 6.27. The van der Waals surface area contributed by atoms with Crippen molar-refractivity contribution in [2.24, 2.45) is 11.8 Å². The quantitative estimate of drug-likeness (QED) is 0.0300. The van der Waals surface area contributed by atoms with Crippen LogP contribution in [0.1, 0.15) is 241 Å². The molecule has 8 atom stereocenters. The number of H-pyrrole nitrogens is 4. The molecular formula is C116H140ClF15N12O4. The van der Waals surface area contributed by atoms with Crippen LogP contribution in [0.5, 0.6) is 23.0 Å². The first kappa shape index (κ1) is 109. The third-order valence-electron chi connectivity index (χ3n) is 30.5. The molecule has 8 aliphatic heterocycles. The number of likely N-dealkylation sites (tertiary alicyclic amines) is 4. The van der Waals surface area contributed by atoms with E-state index in [1.165, 1.54) is 140 Å². The van der Waals surface area contributed by atoms with E-state index < -0.39 is 99.2 Å². The van der Waals surface area contributed by atoms with Gasteiger partial charge in [0.1, 0.15) is 135 Å². The fraction of sp³-hybridized carbons (Fsp3) is 0.517. The molecule has 0 saturated carbocycles. The molecule has 4 fully saturated rings. The summed E-state index contributed by atoms with van der Waals surface area (Å²) < 4.78 is 251. The number of aromatic nitrogens is 4. The van der Waals surface area contributed by atoms with Gasteiger partial charge in [-0.3, -0.25) is 39.2 Å². The molecule has 32 heteroatoms. The third kappa shape index (κ3) is 24.5. The van der Waals surface area contributed by atoms with Crippen LogP contribution in [0.15, 0.2) is 121 Å². The van der Waals surface area contributed by atoms with E-state index in [9.17, 15) is 30.7 Å². The van der Waals surface area contributed by atoms with Crippen molar-refractivity contribution < 1.29 is 84.8 Å². The van der Waals surface area contributed by atoms with E-state index in [0.29, 0.717) is 107 Å². The Morgan fingerprint density at radius 3 is 0.892 bits per heavy atom. The zero-order valence-electron chi connectivity index (χ0n) is 87.5. The van der Waals surface area contributed by atoms with Crippen LogP contribution in [0.25, 0.3) is 43.6 Å². The van der Waals surface area contributed by atoms with E-state index in [1.54, 1.807) is 39.0 Å². The monoisotopic (exact) mass is 2090 g/mol. The Kier molecular flexibility index (Phi) is 33.0. The van der Waals surface area contributed by atoms with Gasteiger partial charge in [0.25, 0.3) is 0 Å². The van der Waals surface area contributed by atoms with Crippen LogP contribution in [0.4, 0.5) is 65.9 Å². The molecule has 4 saturated heterocycles. The van der Waals surface area contributed by atoms with Gasteiger partial charge in [0.15, 0.2) is 0 Å². The maximum Gasteiger partial charge on any atom is 0.135 e. The minimum Gasteiger partial charge on any atom is -0.492 e. The Morgan fingerprint density at radius 2 is 0.588 bits per heavy atom. The molecule has 0 aliphatic carbocycles. The number of hydrogen-bond donors (Lipinski definition) is 4. The average molecular weight is 2090 g/mol. The summed E-state index contributed by atoms with van der Waals surface area (Å²) in [6.45, 7) is 39.2. The second-order valence-electron chi connectivity index (χ2n) is 44.9. The zero-order chi connectivity index (χ0) is 106. The first-order valence-corrected chi connectivity index (χ1v) is 53.0. The number of nitrogens with one attached hydrogen (secondary N) is 4. The summed E-state index contributed by atoms with van der Waals surface area (Å²) in [5.41, 5.74) is 1.68. The molecule has 0 radical (unpaired) electrons. The van der Waals surface area contributed by atoms with E-state index in [1.807, 2.05) is 44.7 Å². The summed E-state index contributed by atoms with van der Waals surface area (Å²) in [6, 6.07) is 24.3. The van der Waals surface area contributed by atoms with E-state index in [0.717, 1.165) is 154 Å². The smallest absolute Gasteiger partial charge is 0.135 e. The molecule has 0 spiro atoms. The summed E-state index contributed by atoms with van der Waals surface area (Å²) in [5.74, 6) is -5.00. The van der Waals surface area contributed by atoms with Gasteiger partial charge in [-0.2, -0.15) is 0 Å². The zero-order valence-corrected chi connectivity index (χ0v) is 88.3. The molecule has 12 heterocycles. The molecule has 8 aromatic carbocycles. The summed E-state index contributed by atoms with van der Waals surface area (Å²) in [6.07, 6.45) is 8.77. The lowest BCUT2D eigenvalue weighted by molar-refractivity contribution is 0.0187. The normalized spacial score (nSPS) is 21.3. The van der Waals surface area contributed by atoms with E-state index in [-0.39, 0.29) is 119 Å². The standard InChI is InChI=1S/C29H35ClF3N3O.3C29H35F4N3O/c1-5-6-9-35-14-20(15-35)37-19-12-23(31)26(24(32)13-19)28-27-22(10-17(2)36(28)16-29(3,4)33)21-11-18(30)7-8-25(21)34-27;1-5-18-14-35(15-18)8-9-37-20-12-23(31)26(24(32)13-20)28-27-22(10-17(2)36(28)16-29(3,4)33)21-11-19(30)6-7-25(21)34-27;1-5-18-14-35(15-18)8-9-37-20-12-23(31)26(24(32)13-20)28-27-22(10-17(2)36(28)16-29(3,4)33)21-7-6-19(30)11-25(21)34-27;1-5-6-9-35-14-20(15-35)37-19-12-23(31)26(24(32)13-19)28-27-22(10-17(2)36(28)16-29(3,4)33)21-11-18(30)7-8-25(21)34-27/h7-8,11-13,17,20,28,34H,5-6,9-10,14-16H2,1-4H3;2*6-7,11-13,17-18,28,34H,5,8-10,14-16H2,1-4H3;7-8,11-13,17,20,28,34H,5-6,9-10,14-16H2,1-4H3/t4*17-,28-/m1111/s1. The number of alkyl halides is 4. The van der Waals surface area contributed by atoms with E-state index in [2.05, 4.69) is 67.2 Å². The van der Waals surface area contributed by atoms with Gasteiger partial charge in [-0.05, 0) is 242 Å². The number of rotatable bonds is 32. The molecule has 0 amide bonds. The van der Waals surface area contributed by atoms with Gasteiger partial charge in [-0.1, -0.05) is 65.0 Å². The van der Waals surface area contributed by atoms with Gasteiger partial charge in [0.05, 0.1) is 24.2 Å². The van der Waals surface area contributed by atoms with Gasteiger partial charge >= 0.3 is 0 Å². The topological polar surface area (TPSA) is 126 Å². The van der Waals surface area contributed by atoms with Crippen LogP contribution in [0.2, 0.25) is 5.02 Å². The van der Waals surface area contributed by atoms with Gasteiger partial charge < -0.3 is 38.9 Å². The SMILES string of the molecule is CCC1CN(CCOc2cc(F)c([C@@H]3c4[nH]c5cc(F)ccc5c4C[C@@H](C)N3CC(C)(C)F)c(F)c2)C1.CCC1CN(CCOc2cc(F)c([C@@H]3c4[nH]c5ccc(F)cc5c4C[C@@H](C)N3CC(C)(C)F)c(F)c2)C1.CCCCN1CC(Oc2cc(F)c([C@@H]3c4[nH]c5ccc(Cl)cc5c4C[C@@H](C)N3CC(C)(C)F)c(F)c2)C1.CCCCN1CC(Oc2cc(F)c([C@@H]3c4[nH]c5ccc(F)cc5c4C[C@@H](C)N3CC(C)(C)F)c(F)c2)C1. The number of aromatic amines is 4. The number of hydrogen-bond acceptors (Lipinski definition) is 12. The maximum absolute atomic E-state index is 15.8. The number of benzene rings is 8. The Labute approximate surface area is 863 Å². The first-order valence-electron chi connectivity index (χ1n) is 52.6. The van der Waals surface area contributed by atoms with Crippen molar-refractivity contribution in [3.05, 3.63) is 258 Å². The highest BCUT2D eigenvalue weighted by Gasteiger charge is 2.48. The van der Waals surface area contributed by atoms with Crippen LogP contribution in [-0.2, 0) is 25.7 Å². The number of unbranched alkanes of at least 4 members (excludes halogenated alkanes) is 2. The largest absolute Gasteiger partial charge is 0.492 e. The second-order valence-corrected chi connectivity index (χ2v) is 45.3. The number of nitrogens with zero attached hydrogens (tertiary/aromatic N) is 8. The molecule has 12 aromatic rings. The van der Waals surface area contributed by atoms with Crippen molar-refractivity contribution in [3.63, 3.8) is 0 Å². The molecule has 20 rings (SSSR count). The lowest BCUT2D eigenvalue weighted by Crippen LogP contribution is -2.53. The molecule has 800 valence electrons. The van der Waals surface area contributed by atoms with Gasteiger partial charge in [-0.25, -0.2) is 65.9 Å². The Morgan fingerprint density at radius 1 is 0.318 bits per heavy atom. The molecule has 8 aliphatic rings. The Balaban J connectivity index is 0.000000135. The van der Waals surface area contributed by atoms with Crippen molar-refractivity contribution in [2.75, 3.05) is 118 Å². The highest BCUT2D eigenvalue weighted by atomic mass is 35.5. The van der Waals surface area contributed by atoms with Crippen molar-refractivity contribution in [1.82, 2.24) is 59.1 Å². The van der Waals surface area contributed by atoms with Gasteiger partial charge in [0, 0.05) is 258 Å². The van der Waals surface area contributed by atoms with Gasteiger partial charge in [0.2, 0.25) is 0 Å². The summed E-state index contributed by atoms with van der Waals surface area (Å²) in [5, 5.41) is 3.70. The number of halogens is 16. The molecule has 0 unspecified atom stereocenters. The molecule has 4 N–H and O–H groups in total. The van der Waals surface area contributed by atoms with Crippen molar-refractivity contribution in [2.45, 2.75) is 258 Å². The summed E-state index contributed by atoms with van der Waals surface area (Å²) in [7, 11) is 0. The predicted octanol–water partition coefficient (Wildman–Crippen LogP) is 26.4. The average Bonchev–Trinajstić information content (AvgIpc) is 1.59. The van der Waals surface area contributed by atoms with Crippen LogP contribution in [-0.4, -0.2) is 236 Å². The molecule has 4 aromatic heterocycles. The minimum absolute atomic E-state index is 0.0190. The molecular weight excluding hydrogens is 1950 g/mol. The fourth-order valence-electron chi connectivity index (χ4n) is 23.2.